The maximum atomic E-state index is 12.9. The summed E-state index contributed by atoms with van der Waals surface area (Å²) in [6.07, 6.45) is 0.583. The predicted octanol–water partition coefficient (Wildman–Crippen LogP) is 4.18. The van der Waals surface area contributed by atoms with Gasteiger partial charge in [0, 0.05) is 30.7 Å². The minimum absolute atomic E-state index is 0.0716. The SMILES string of the molecule is COCCCN1C(=O)C(=O)/C(=C(\O)c2ccc(Cl)c(OC)c2)C1c1sccc1C. The van der Waals surface area contributed by atoms with Crippen LogP contribution in [0.1, 0.15) is 28.5 Å². The molecule has 29 heavy (non-hydrogen) atoms. The van der Waals surface area contributed by atoms with Gasteiger partial charge in [0.1, 0.15) is 11.5 Å². The van der Waals surface area contributed by atoms with E-state index in [4.69, 9.17) is 21.1 Å². The first-order valence-electron chi connectivity index (χ1n) is 9.06. The second-order valence-electron chi connectivity index (χ2n) is 6.66. The fourth-order valence-electron chi connectivity index (χ4n) is 3.39. The monoisotopic (exact) mass is 435 g/mol. The van der Waals surface area contributed by atoms with Gasteiger partial charge < -0.3 is 19.5 Å². The number of amides is 1. The fraction of sp³-hybridized carbons (Fsp3) is 0.333. The Morgan fingerprint density at radius 2 is 2.03 bits per heavy atom. The van der Waals surface area contributed by atoms with Crippen LogP contribution in [-0.2, 0) is 14.3 Å². The number of likely N-dealkylation sites (tertiary alicyclic amines) is 1. The highest BCUT2D eigenvalue weighted by Gasteiger charge is 2.46. The summed E-state index contributed by atoms with van der Waals surface area (Å²) in [7, 11) is 3.05. The number of rotatable bonds is 7. The topological polar surface area (TPSA) is 76.1 Å². The summed E-state index contributed by atoms with van der Waals surface area (Å²) in [5.41, 5.74) is 1.39. The first-order chi connectivity index (χ1) is 13.9. The molecule has 2 heterocycles. The van der Waals surface area contributed by atoms with Gasteiger partial charge >= 0.3 is 0 Å². The molecule has 154 valence electrons. The summed E-state index contributed by atoms with van der Waals surface area (Å²) >= 11 is 7.53. The van der Waals surface area contributed by atoms with Crippen molar-refractivity contribution in [2.24, 2.45) is 0 Å². The van der Waals surface area contributed by atoms with E-state index in [-0.39, 0.29) is 11.3 Å². The van der Waals surface area contributed by atoms with Gasteiger partial charge in [0.2, 0.25) is 0 Å². The van der Waals surface area contributed by atoms with Crippen LogP contribution in [0.15, 0.2) is 35.2 Å². The van der Waals surface area contributed by atoms with E-state index in [1.807, 2.05) is 18.4 Å². The maximum Gasteiger partial charge on any atom is 0.295 e. The van der Waals surface area contributed by atoms with Crippen molar-refractivity contribution in [3.63, 3.8) is 0 Å². The zero-order valence-corrected chi connectivity index (χ0v) is 18.0. The number of aliphatic hydroxyl groups is 1. The number of methoxy groups -OCH3 is 2. The zero-order valence-electron chi connectivity index (χ0n) is 16.4. The Balaban J connectivity index is 2.13. The number of hydrogen-bond acceptors (Lipinski definition) is 6. The summed E-state index contributed by atoms with van der Waals surface area (Å²) in [5.74, 6) is -1.20. The van der Waals surface area contributed by atoms with Gasteiger partial charge in [-0.15, -0.1) is 11.3 Å². The molecule has 6 nitrogen and oxygen atoms in total. The largest absolute Gasteiger partial charge is 0.507 e. The first kappa shape index (κ1) is 21.4. The Bertz CT molecular complexity index is 968. The second kappa shape index (κ2) is 8.98. The summed E-state index contributed by atoms with van der Waals surface area (Å²) in [6.45, 7) is 2.74. The van der Waals surface area contributed by atoms with Crippen molar-refractivity contribution in [3.05, 3.63) is 56.2 Å². The summed E-state index contributed by atoms with van der Waals surface area (Å²) in [6, 6.07) is 6.01. The molecule has 1 atom stereocenters. The number of thiophene rings is 1. The normalized spacial score (nSPS) is 18.5. The van der Waals surface area contributed by atoms with Crippen LogP contribution in [-0.4, -0.2) is 49.1 Å². The third-order valence-electron chi connectivity index (χ3n) is 4.86. The van der Waals surface area contributed by atoms with E-state index < -0.39 is 17.7 Å². The van der Waals surface area contributed by atoms with Crippen molar-refractivity contribution in [3.8, 4) is 5.75 Å². The fourth-order valence-corrected chi connectivity index (χ4v) is 4.63. The standard InChI is InChI=1S/C21H22ClNO5S/c1-12-7-10-29-20(12)17-16(19(25)21(26)23(17)8-4-9-27-2)18(24)13-5-6-14(22)15(11-13)28-3/h5-7,10-11,17,24H,4,8-9H2,1-3H3/b18-16-. The van der Waals surface area contributed by atoms with Gasteiger partial charge in [-0.25, -0.2) is 0 Å². The Morgan fingerprint density at radius 1 is 1.28 bits per heavy atom. The third kappa shape index (κ3) is 4.03. The van der Waals surface area contributed by atoms with Crippen molar-refractivity contribution in [2.75, 3.05) is 27.4 Å². The van der Waals surface area contributed by atoms with Crippen LogP contribution in [0.5, 0.6) is 5.75 Å². The van der Waals surface area contributed by atoms with Crippen molar-refractivity contribution >= 4 is 40.4 Å². The molecule has 3 rings (SSSR count). The van der Waals surface area contributed by atoms with Crippen LogP contribution in [0, 0.1) is 6.92 Å². The molecule has 1 saturated heterocycles. The number of nitrogens with zero attached hydrogens (tertiary/aromatic N) is 1. The van der Waals surface area contributed by atoms with Crippen LogP contribution < -0.4 is 4.74 Å². The number of Topliss-reactive ketones (excluding diaryl/α,β-unsaturated/α-hetero) is 1. The molecule has 0 radical (unpaired) electrons. The van der Waals surface area contributed by atoms with Gasteiger partial charge in [-0.2, -0.15) is 0 Å². The molecule has 1 amide bonds. The molecule has 0 aliphatic carbocycles. The number of hydrogen-bond donors (Lipinski definition) is 1. The van der Waals surface area contributed by atoms with Gasteiger partial charge in [0.15, 0.2) is 0 Å². The van der Waals surface area contributed by atoms with Gasteiger partial charge in [-0.05, 0) is 48.6 Å². The molecule has 0 bridgehead atoms. The van der Waals surface area contributed by atoms with Crippen molar-refractivity contribution in [2.45, 2.75) is 19.4 Å². The molecule has 1 fully saturated rings. The molecule has 1 unspecified atom stereocenters. The van der Waals surface area contributed by atoms with Crippen molar-refractivity contribution in [1.29, 1.82) is 0 Å². The van der Waals surface area contributed by atoms with Crippen LogP contribution in [0.4, 0.5) is 0 Å². The number of ether oxygens (including phenoxy) is 2. The van der Waals surface area contributed by atoms with Crippen LogP contribution >= 0.6 is 22.9 Å². The van der Waals surface area contributed by atoms with Gasteiger partial charge in [-0.3, -0.25) is 9.59 Å². The average molecular weight is 436 g/mol. The number of ketones is 1. The molecule has 1 aromatic carbocycles. The van der Waals surface area contributed by atoms with Crippen LogP contribution in [0.3, 0.4) is 0 Å². The minimum Gasteiger partial charge on any atom is -0.507 e. The first-order valence-corrected chi connectivity index (χ1v) is 10.3. The quantitative estimate of drug-likeness (QED) is 0.305. The molecule has 1 aromatic heterocycles. The maximum absolute atomic E-state index is 12.9. The number of aryl methyl sites for hydroxylation is 1. The molecule has 1 aliphatic rings. The Morgan fingerprint density at radius 3 is 2.66 bits per heavy atom. The highest BCUT2D eigenvalue weighted by Crippen LogP contribution is 2.43. The highest BCUT2D eigenvalue weighted by atomic mass is 35.5. The smallest absolute Gasteiger partial charge is 0.295 e. The van der Waals surface area contributed by atoms with E-state index in [2.05, 4.69) is 0 Å². The highest BCUT2D eigenvalue weighted by molar-refractivity contribution is 7.10. The number of benzene rings is 1. The van der Waals surface area contributed by atoms with E-state index in [1.165, 1.54) is 23.3 Å². The molecule has 0 saturated carbocycles. The molecule has 1 aliphatic heterocycles. The van der Waals surface area contributed by atoms with E-state index in [9.17, 15) is 14.7 Å². The van der Waals surface area contributed by atoms with Crippen LogP contribution in [0.25, 0.3) is 5.76 Å². The lowest BCUT2D eigenvalue weighted by atomic mass is 9.98. The van der Waals surface area contributed by atoms with Crippen LogP contribution in [0.2, 0.25) is 5.02 Å². The molecular formula is C21H22ClNO5S. The summed E-state index contributed by atoms with van der Waals surface area (Å²) in [4.78, 5) is 28.1. The van der Waals surface area contributed by atoms with Gasteiger partial charge in [0.05, 0.1) is 23.7 Å². The number of aliphatic hydroxyl groups excluding tert-OH is 1. The number of carbonyl (C=O) groups excluding carboxylic acids is 2. The lowest BCUT2D eigenvalue weighted by Crippen LogP contribution is -2.31. The average Bonchev–Trinajstić information content (AvgIpc) is 3.23. The number of halogens is 1. The Kier molecular flexibility index (Phi) is 6.62. The van der Waals surface area contributed by atoms with E-state index >= 15 is 0 Å². The molecular weight excluding hydrogens is 414 g/mol. The van der Waals surface area contributed by atoms with E-state index in [0.717, 1.165) is 10.4 Å². The molecule has 2 aromatic rings. The molecule has 1 N–H and O–H groups in total. The van der Waals surface area contributed by atoms with Crippen molar-refractivity contribution < 1.29 is 24.2 Å². The summed E-state index contributed by atoms with van der Waals surface area (Å²) in [5, 5.41) is 13.3. The predicted molar refractivity (Wildman–Crippen MR) is 113 cm³/mol. The summed E-state index contributed by atoms with van der Waals surface area (Å²) < 4.78 is 10.3. The van der Waals surface area contributed by atoms with E-state index in [1.54, 1.807) is 25.3 Å². The van der Waals surface area contributed by atoms with Gasteiger partial charge in [-0.1, -0.05) is 11.6 Å². The van der Waals surface area contributed by atoms with E-state index in [0.29, 0.717) is 35.9 Å². The van der Waals surface area contributed by atoms with Gasteiger partial charge in [0.25, 0.3) is 11.7 Å². The third-order valence-corrected chi connectivity index (χ3v) is 6.25. The molecule has 8 heteroatoms. The van der Waals surface area contributed by atoms with Crippen molar-refractivity contribution in [1.82, 2.24) is 4.90 Å². The number of carbonyl (C=O) groups is 2. The zero-order chi connectivity index (χ0) is 21.1. The second-order valence-corrected chi connectivity index (χ2v) is 8.01. The molecule has 0 spiro atoms. The Hall–Kier alpha value is -2.35. The lowest BCUT2D eigenvalue weighted by molar-refractivity contribution is -0.140. The minimum atomic E-state index is -0.702. The lowest BCUT2D eigenvalue weighted by Gasteiger charge is -2.24. The Labute approximate surface area is 178 Å².